The molecule has 1 heterocycles. The van der Waals surface area contributed by atoms with Gasteiger partial charge in [-0.15, -0.1) is 0 Å². The second-order valence-electron chi connectivity index (χ2n) is 5.02. The second kappa shape index (κ2) is 5.77. The number of carbonyl (C=O) groups excluding carboxylic acids is 1. The van der Waals surface area contributed by atoms with Crippen molar-refractivity contribution >= 4 is 11.7 Å². The number of hydrogen-bond donors (Lipinski definition) is 1. The molecular formula is C15H19N3O2. The number of aryl methyl sites for hydroxylation is 3. The third-order valence-corrected chi connectivity index (χ3v) is 3.17. The van der Waals surface area contributed by atoms with Gasteiger partial charge in [-0.3, -0.25) is 0 Å². The molecule has 0 unspecified atom stereocenters. The molecule has 20 heavy (non-hydrogen) atoms. The third kappa shape index (κ3) is 3.38. The maximum Gasteiger partial charge on any atom is 0.321 e. The van der Waals surface area contributed by atoms with Gasteiger partial charge in [0, 0.05) is 18.8 Å². The van der Waals surface area contributed by atoms with Gasteiger partial charge >= 0.3 is 6.03 Å². The van der Waals surface area contributed by atoms with E-state index in [4.69, 9.17) is 4.52 Å². The van der Waals surface area contributed by atoms with Crippen molar-refractivity contribution in [2.45, 2.75) is 27.3 Å². The van der Waals surface area contributed by atoms with Gasteiger partial charge in [-0.25, -0.2) is 4.79 Å². The van der Waals surface area contributed by atoms with Crippen LogP contribution in [0.15, 0.2) is 28.8 Å². The Bertz CT molecular complexity index is 619. The van der Waals surface area contributed by atoms with Gasteiger partial charge in [0.25, 0.3) is 0 Å². The van der Waals surface area contributed by atoms with Crippen LogP contribution in [0.5, 0.6) is 0 Å². The van der Waals surface area contributed by atoms with Crippen LogP contribution in [0, 0.1) is 20.8 Å². The molecule has 5 nitrogen and oxygen atoms in total. The number of amides is 2. The Hall–Kier alpha value is -2.30. The number of urea groups is 1. The summed E-state index contributed by atoms with van der Waals surface area (Å²) < 4.78 is 5.10. The fourth-order valence-electron chi connectivity index (χ4n) is 1.83. The molecule has 0 saturated heterocycles. The topological polar surface area (TPSA) is 58.4 Å². The summed E-state index contributed by atoms with van der Waals surface area (Å²) in [5.41, 5.74) is 3.95. The minimum atomic E-state index is -0.178. The number of benzene rings is 1. The van der Waals surface area contributed by atoms with Crippen molar-refractivity contribution in [2.24, 2.45) is 0 Å². The minimum Gasteiger partial charge on any atom is -0.359 e. The van der Waals surface area contributed by atoms with Gasteiger partial charge in [-0.1, -0.05) is 11.2 Å². The average molecular weight is 273 g/mol. The van der Waals surface area contributed by atoms with E-state index in [1.54, 1.807) is 11.9 Å². The lowest BCUT2D eigenvalue weighted by Gasteiger charge is -2.16. The summed E-state index contributed by atoms with van der Waals surface area (Å²) in [6.45, 7) is 6.30. The molecule has 1 aromatic carbocycles. The number of nitrogens with zero attached hydrogens (tertiary/aromatic N) is 2. The molecule has 0 atom stereocenters. The molecule has 0 spiro atoms. The van der Waals surface area contributed by atoms with E-state index >= 15 is 0 Å². The van der Waals surface area contributed by atoms with Gasteiger partial charge < -0.3 is 14.7 Å². The van der Waals surface area contributed by atoms with Crippen molar-refractivity contribution < 1.29 is 9.32 Å². The number of anilines is 1. The Morgan fingerprint density at radius 2 is 2.00 bits per heavy atom. The molecule has 106 valence electrons. The fourth-order valence-corrected chi connectivity index (χ4v) is 1.83. The molecule has 0 aliphatic heterocycles. The third-order valence-electron chi connectivity index (χ3n) is 3.17. The molecular weight excluding hydrogens is 254 g/mol. The van der Waals surface area contributed by atoms with E-state index in [-0.39, 0.29) is 6.03 Å². The van der Waals surface area contributed by atoms with Crippen molar-refractivity contribution in [3.8, 4) is 0 Å². The lowest BCUT2D eigenvalue weighted by molar-refractivity contribution is 0.214. The Kier molecular flexibility index (Phi) is 4.08. The summed E-state index contributed by atoms with van der Waals surface area (Å²) in [7, 11) is 1.72. The second-order valence-corrected chi connectivity index (χ2v) is 5.02. The number of carbonyl (C=O) groups is 1. The first kappa shape index (κ1) is 14.1. The molecule has 1 N–H and O–H groups in total. The van der Waals surface area contributed by atoms with E-state index < -0.39 is 0 Å². The molecule has 0 aliphatic carbocycles. The Morgan fingerprint density at radius 1 is 1.25 bits per heavy atom. The van der Waals surface area contributed by atoms with E-state index in [0.717, 1.165) is 16.9 Å². The molecule has 0 saturated carbocycles. The van der Waals surface area contributed by atoms with Crippen molar-refractivity contribution in [3.05, 3.63) is 46.8 Å². The number of aromatic nitrogens is 1. The molecule has 5 heteroatoms. The number of nitrogens with one attached hydrogen (secondary N) is 1. The summed E-state index contributed by atoms with van der Waals surface area (Å²) >= 11 is 0. The molecule has 0 fully saturated rings. The van der Waals surface area contributed by atoms with Gasteiger partial charge in [-0.2, -0.15) is 0 Å². The molecule has 0 aliphatic rings. The fraction of sp³-hybridized carbons (Fsp3) is 0.333. The maximum atomic E-state index is 12.1. The highest BCUT2D eigenvalue weighted by Crippen LogP contribution is 2.15. The van der Waals surface area contributed by atoms with Crippen molar-refractivity contribution in [3.63, 3.8) is 0 Å². The van der Waals surface area contributed by atoms with Gasteiger partial charge in [0.2, 0.25) is 0 Å². The highest BCUT2D eigenvalue weighted by Gasteiger charge is 2.12. The van der Waals surface area contributed by atoms with Crippen LogP contribution in [-0.4, -0.2) is 23.1 Å². The molecule has 0 radical (unpaired) electrons. The van der Waals surface area contributed by atoms with Crippen LogP contribution < -0.4 is 5.32 Å². The monoisotopic (exact) mass is 273 g/mol. The zero-order valence-electron chi connectivity index (χ0n) is 12.2. The van der Waals surface area contributed by atoms with Gasteiger partial charge in [0.15, 0.2) is 5.76 Å². The van der Waals surface area contributed by atoms with Crippen LogP contribution in [-0.2, 0) is 6.54 Å². The van der Waals surface area contributed by atoms with Crippen molar-refractivity contribution in [1.82, 2.24) is 10.1 Å². The van der Waals surface area contributed by atoms with Crippen molar-refractivity contribution in [2.75, 3.05) is 12.4 Å². The van der Waals surface area contributed by atoms with Crippen LogP contribution in [0.4, 0.5) is 10.5 Å². The Balaban J connectivity index is 1.98. The first-order chi connectivity index (χ1) is 9.45. The predicted molar refractivity (Wildman–Crippen MR) is 77.6 cm³/mol. The SMILES string of the molecule is Cc1cc(CN(C)C(=O)Nc2ccc(C)c(C)c2)on1. The molecule has 1 aromatic heterocycles. The molecule has 2 rings (SSSR count). The summed E-state index contributed by atoms with van der Waals surface area (Å²) in [4.78, 5) is 13.6. The van der Waals surface area contributed by atoms with Crippen molar-refractivity contribution in [1.29, 1.82) is 0 Å². The van der Waals surface area contributed by atoms with E-state index in [1.807, 2.05) is 45.0 Å². The van der Waals surface area contributed by atoms with Crippen LogP contribution in [0.3, 0.4) is 0 Å². The van der Waals surface area contributed by atoms with Gasteiger partial charge in [0.05, 0.1) is 12.2 Å². The molecule has 2 amide bonds. The standard InChI is InChI=1S/C15H19N3O2/c1-10-5-6-13(7-11(10)2)16-15(19)18(4)9-14-8-12(3)17-20-14/h5-8H,9H2,1-4H3,(H,16,19). The smallest absolute Gasteiger partial charge is 0.321 e. The van der Waals surface area contributed by atoms with E-state index in [1.165, 1.54) is 5.56 Å². The summed E-state index contributed by atoms with van der Waals surface area (Å²) in [5.74, 6) is 0.667. The van der Waals surface area contributed by atoms with E-state index in [2.05, 4.69) is 10.5 Å². The van der Waals surface area contributed by atoms with Gasteiger partial charge in [0.1, 0.15) is 0 Å². The summed E-state index contributed by atoms with van der Waals surface area (Å²) in [5, 5.41) is 6.66. The zero-order valence-corrected chi connectivity index (χ0v) is 12.2. The Labute approximate surface area is 118 Å². The normalized spacial score (nSPS) is 10.4. The highest BCUT2D eigenvalue weighted by molar-refractivity contribution is 5.89. The lowest BCUT2D eigenvalue weighted by Crippen LogP contribution is -2.30. The molecule has 0 bridgehead atoms. The summed E-state index contributed by atoms with van der Waals surface area (Å²) in [6, 6.07) is 7.49. The largest absolute Gasteiger partial charge is 0.359 e. The summed E-state index contributed by atoms with van der Waals surface area (Å²) in [6.07, 6.45) is 0. The van der Waals surface area contributed by atoms with E-state index in [0.29, 0.717) is 12.3 Å². The maximum absolute atomic E-state index is 12.1. The van der Waals surface area contributed by atoms with Crippen LogP contribution in [0.1, 0.15) is 22.6 Å². The highest BCUT2D eigenvalue weighted by atomic mass is 16.5. The van der Waals surface area contributed by atoms with Crippen LogP contribution in [0.2, 0.25) is 0 Å². The number of rotatable bonds is 3. The molecule has 2 aromatic rings. The van der Waals surface area contributed by atoms with Gasteiger partial charge in [-0.05, 0) is 44.0 Å². The minimum absolute atomic E-state index is 0.178. The Morgan fingerprint density at radius 3 is 2.60 bits per heavy atom. The zero-order chi connectivity index (χ0) is 14.7. The first-order valence-corrected chi connectivity index (χ1v) is 6.47. The number of hydrogen-bond acceptors (Lipinski definition) is 3. The van der Waals surface area contributed by atoms with Crippen LogP contribution >= 0.6 is 0 Å². The lowest BCUT2D eigenvalue weighted by atomic mass is 10.1. The first-order valence-electron chi connectivity index (χ1n) is 6.47. The predicted octanol–water partition coefficient (Wildman–Crippen LogP) is 3.26. The quantitative estimate of drug-likeness (QED) is 0.933. The van der Waals surface area contributed by atoms with Crippen LogP contribution in [0.25, 0.3) is 0 Å². The van der Waals surface area contributed by atoms with E-state index in [9.17, 15) is 4.79 Å². The average Bonchev–Trinajstić information content (AvgIpc) is 2.79.